The lowest BCUT2D eigenvalue weighted by Crippen LogP contribution is -2.31. The highest BCUT2D eigenvalue weighted by atomic mass is 19.1. The molecule has 4 heteroatoms. The van der Waals surface area contributed by atoms with E-state index in [1.54, 1.807) is 30.3 Å². The van der Waals surface area contributed by atoms with Crippen LogP contribution in [0.25, 0.3) is 0 Å². The van der Waals surface area contributed by atoms with E-state index in [4.69, 9.17) is 5.11 Å². The Morgan fingerprint density at radius 1 is 1.47 bits per heavy atom. The van der Waals surface area contributed by atoms with Crippen LogP contribution in [0.2, 0.25) is 0 Å². The second-order valence-corrected chi connectivity index (χ2v) is 3.27. The van der Waals surface area contributed by atoms with Gasteiger partial charge in [0.15, 0.2) is 5.67 Å². The molecule has 1 rings (SSSR count). The summed E-state index contributed by atoms with van der Waals surface area (Å²) in [6.07, 6.45) is 0. The Morgan fingerprint density at radius 3 is 2.53 bits per heavy atom. The smallest absolute Gasteiger partial charge is 0.302 e. The van der Waals surface area contributed by atoms with Crippen molar-refractivity contribution in [3.63, 3.8) is 0 Å². The molecule has 0 aliphatic heterocycles. The molecule has 0 radical (unpaired) electrons. The molecule has 15 heavy (non-hydrogen) atoms. The van der Waals surface area contributed by atoms with Gasteiger partial charge in [0, 0.05) is 6.92 Å². The molecule has 0 bridgehead atoms. The van der Waals surface area contributed by atoms with E-state index in [1.165, 1.54) is 6.92 Å². The largest absolute Gasteiger partial charge is 0.462 e. The van der Waals surface area contributed by atoms with Crippen molar-refractivity contribution < 1.29 is 19.0 Å². The lowest BCUT2D eigenvalue weighted by molar-refractivity contribution is -0.147. The van der Waals surface area contributed by atoms with Gasteiger partial charge in [0.25, 0.3) is 0 Å². The SMILES string of the molecule is CC(=O)OC[C@](F)(CO)c1ccccc1. The van der Waals surface area contributed by atoms with Crippen molar-refractivity contribution in [1.29, 1.82) is 0 Å². The Morgan fingerprint density at radius 2 is 2.07 bits per heavy atom. The minimum absolute atomic E-state index is 0.300. The number of ether oxygens (including phenoxy) is 1. The molecule has 0 fully saturated rings. The third-order valence-corrected chi connectivity index (χ3v) is 2.05. The van der Waals surface area contributed by atoms with Crippen LogP contribution in [0.5, 0.6) is 0 Å². The first-order valence-corrected chi connectivity index (χ1v) is 4.57. The van der Waals surface area contributed by atoms with Gasteiger partial charge in [0.1, 0.15) is 6.61 Å². The Hall–Kier alpha value is -1.42. The second-order valence-electron chi connectivity index (χ2n) is 3.27. The molecule has 0 heterocycles. The Labute approximate surface area is 87.5 Å². The van der Waals surface area contributed by atoms with Gasteiger partial charge in [-0.3, -0.25) is 4.79 Å². The maximum absolute atomic E-state index is 14.1. The van der Waals surface area contributed by atoms with E-state index in [0.717, 1.165) is 0 Å². The zero-order valence-corrected chi connectivity index (χ0v) is 8.44. The number of aliphatic hydroxyl groups excluding tert-OH is 1. The van der Waals surface area contributed by atoms with Crippen LogP contribution in [-0.4, -0.2) is 24.3 Å². The summed E-state index contributed by atoms with van der Waals surface area (Å²) in [5.41, 5.74) is -1.72. The molecular formula is C11H13FO3. The quantitative estimate of drug-likeness (QED) is 0.767. The van der Waals surface area contributed by atoms with E-state index in [2.05, 4.69) is 4.74 Å². The normalized spacial score (nSPS) is 14.3. The minimum Gasteiger partial charge on any atom is -0.462 e. The van der Waals surface area contributed by atoms with Crippen molar-refractivity contribution in [2.24, 2.45) is 0 Å². The van der Waals surface area contributed by atoms with Crippen LogP contribution in [0.3, 0.4) is 0 Å². The Kier molecular flexibility index (Phi) is 3.80. The van der Waals surface area contributed by atoms with Crippen molar-refractivity contribution in [1.82, 2.24) is 0 Å². The summed E-state index contributed by atoms with van der Waals surface area (Å²) in [6, 6.07) is 8.15. The van der Waals surface area contributed by atoms with E-state index in [1.807, 2.05) is 0 Å². The molecule has 0 amide bonds. The van der Waals surface area contributed by atoms with Gasteiger partial charge < -0.3 is 9.84 Å². The summed E-state index contributed by atoms with van der Waals surface area (Å²) < 4.78 is 18.7. The molecule has 0 aromatic heterocycles. The highest BCUT2D eigenvalue weighted by Crippen LogP contribution is 2.25. The van der Waals surface area contributed by atoms with Crippen molar-refractivity contribution >= 4 is 5.97 Å². The fourth-order valence-corrected chi connectivity index (χ4v) is 1.17. The van der Waals surface area contributed by atoms with Gasteiger partial charge in [-0.05, 0) is 5.56 Å². The summed E-state index contributed by atoms with van der Waals surface area (Å²) in [6.45, 7) is 0.00985. The van der Waals surface area contributed by atoms with Crippen molar-refractivity contribution in [3.05, 3.63) is 35.9 Å². The maximum atomic E-state index is 14.1. The highest BCUT2D eigenvalue weighted by molar-refractivity contribution is 5.66. The molecule has 3 nitrogen and oxygen atoms in total. The molecule has 82 valence electrons. The fraction of sp³-hybridized carbons (Fsp3) is 0.364. The predicted octanol–water partition coefficient (Wildman–Crippen LogP) is 1.41. The molecule has 0 aliphatic carbocycles. The highest BCUT2D eigenvalue weighted by Gasteiger charge is 2.32. The number of alkyl halides is 1. The average Bonchev–Trinajstić information content (AvgIpc) is 2.27. The molecule has 1 N–H and O–H groups in total. The number of benzene rings is 1. The fourth-order valence-electron chi connectivity index (χ4n) is 1.17. The lowest BCUT2D eigenvalue weighted by Gasteiger charge is -2.22. The third-order valence-electron chi connectivity index (χ3n) is 2.05. The summed E-state index contributed by atoms with van der Waals surface area (Å²) in [7, 11) is 0. The standard InChI is InChI=1S/C11H13FO3/c1-9(14)15-8-11(12,7-13)10-5-3-2-4-6-10/h2-6,13H,7-8H2,1H3/t11-/m1/s1. The van der Waals surface area contributed by atoms with E-state index >= 15 is 0 Å². The topological polar surface area (TPSA) is 46.5 Å². The van der Waals surface area contributed by atoms with E-state index in [0.29, 0.717) is 5.56 Å². The van der Waals surface area contributed by atoms with E-state index in [-0.39, 0.29) is 0 Å². The van der Waals surface area contributed by atoms with Crippen LogP contribution in [0.15, 0.2) is 30.3 Å². The number of aliphatic hydroxyl groups is 1. The second kappa shape index (κ2) is 4.89. The Balaban J connectivity index is 2.80. The molecule has 0 saturated carbocycles. The predicted molar refractivity (Wildman–Crippen MR) is 52.9 cm³/mol. The van der Waals surface area contributed by atoms with Crippen LogP contribution in [0.4, 0.5) is 4.39 Å². The van der Waals surface area contributed by atoms with Crippen molar-refractivity contribution in [2.45, 2.75) is 12.6 Å². The summed E-state index contributed by atoms with van der Waals surface area (Å²) >= 11 is 0. The summed E-state index contributed by atoms with van der Waals surface area (Å²) in [4.78, 5) is 10.6. The Bertz CT molecular complexity index is 326. The molecule has 1 aromatic carbocycles. The zero-order chi connectivity index (χ0) is 11.3. The first-order chi connectivity index (χ1) is 7.08. The van der Waals surface area contributed by atoms with Crippen LogP contribution in [-0.2, 0) is 15.2 Å². The van der Waals surface area contributed by atoms with Crippen LogP contribution in [0.1, 0.15) is 12.5 Å². The maximum Gasteiger partial charge on any atom is 0.302 e. The molecule has 0 aliphatic rings. The number of hydrogen-bond donors (Lipinski definition) is 1. The first-order valence-electron chi connectivity index (χ1n) is 4.57. The van der Waals surface area contributed by atoms with Gasteiger partial charge in [0.2, 0.25) is 0 Å². The average molecular weight is 212 g/mol. The van der Waals surface area contributed by atoms with Crippen molar-refractivity contribution in [2.75, 3.05) is 13.2 Å². The monoisotopic (exact) mass is 212 g/mol. The number of carbonyl (C=O) groups excluding carboxylic acids is 1. The van der Waals surface area contributed by atoms with Gasteiger partial charge in [-0.2, -0.15) is 0 Å². The van der Waals surface area contributed by atoms with Crippen molar-refractivity contribution in [3.8, 4) is 0 Å². The minimum atomic E-state index is -2.02. The zero-order valence-electron chi connectivity index (χ0n) is 8.44. The van der Waals surface area contributed by atoms with Crippen LogP contribution >= 0.6 is 0 Å². The lowest BCUT2D eigenvalue weighted by atomic mass is 9.98. The van der Waals surface area contributed by atoms with Crippen LogP contribution < -0.4 is 0 Å². The van der Waals surface area contributed by atoms with E-state index < -0.39 is 24.9 Å². The van der Waals surface area contributed by atoms with E-state index in [9.17, 15) is 9.18 Å². The van der Waals surface area contributed by atoms with Crippen LogP contribution in [0, 0.1) is 0 Å². The van der Waals surface area contributed by atoms with Gasteiger partial charge >= 0.3 is 5.97 Å². The van der Waals surface area contributed by atoms with Gasteiger partial charge in [-0.25, -0.2) is 4.39 Å². The molecule has 0 unspecified atom stereocenters. The molecule has 1 atom stereocenters. The number of halogens is 1. The van der Waals surface area contributed by atoms with Gasteiger partial charge in [0.05, 0.1) is 6.61 Å². The third kappa shape index (κ3) is 3.02. The number of esters is 1. The number of rotatable bonds is 4. The summed E-state index contributed by atoms with van der Waals surface area (Å²) in [5, 5.41) is 8.99. The molecular weight excluding hydrogens is 199 g/mol. The number of hydrogen-bond acceptors (Lipinski definition) is 3. The molecule has 0 saturated heterocycles. The first kappa shape index (κ1) is 11.7. The summed E-state index contributed by atoms with van der Waals surface area (Å²) in [5.74, 6) is -0.568. The number of carbonyl (C=O) groups is 1. The molecule has 0 spiro atoms. The molecule has 1 aromatic rings. The van der Waals surface area contributed by atoms with Gasteiger partial charge in [-0.15, -0.1) is 0 Å². The van der Waals surface area contributed by atoms with Gasteiger partial charge in [-0.1, -0.05) is 30.3 Å².